The number of aliphatic hydroxyl groups is 2. The molecule has 5 nitrogen and oxygen atoms in total. The highest BCUT2D eigenvalue weighted by atomic mass is 19.4. The standard InChI is InChI=1S/C10H11F3N2O3/c11-10(12,13)18-6-1-2-9(14-3-6)15-4-7(16)8(17)5-15/h1-3,7-8,16-17H,4-5H2. The van der Waals surface area contributed by atoms with Gasteiger partial charge in [-0.25, -0.2) is 4.98 Å². The second-order valence-electron chi connectivity index (χ2n) is 3.94. The molecule has 0 radical (unpaired) electrons. The minimum absolute atomic E-state index is 0.188. The predicted octanol–water partition coefficient (Wildman–Crippen LogP) is 0.522. The highest BCUT2D eigenvalue weighted by Crippen LogP contribution is 2.24. The molecule has 2 unspecified atom stereocenters. The second kappa shape index (κ2) is 4.62. The quantitative estimate of drug-likeness (QED) is 0.815. The molecule has 2 N–H and O–H groups in total. The molecule has 0 amide bonds. The molecule has 0 aromatic carbocycles. The summed E-state index contributed by atoms with van der Waals surface area (Å²) in [7, 11) is 0. The second-order valence-corrected chi connectivity index (χ2v) is 3.94. The van der Waals surface area contributed by atoms with Crippen molar-refractivity contribution in [3.63, 3.8) is 0 Å². The van der Waals surface area contributed by atoms with Crippen molar-refractivity contribution in [2.24, 2.45) is 0 Å². The van der Waals surface area contributed by atoms with Gasteiger partial charge in [0.25, 0.3) is 0 Å². The summed E-state index contributed by atoms with van der Waals surface area (Å²) in [5, 5.41) is 18.7. The lowest BCUT2D eigenvalue weighted by atomic mass is 10.3. The summed E-state index contributed by atoms with van der Waals surface area (Å²) in [5.41, 5.74) is 0. The van der Waals surface area contributed by atoms with Gasteiger partial charge in [-0.05, 0) is 12.1 Å². The number of β-amino-alcohol motifs (C(OH)–C–C–N with tert-alkyl or cyclic N) is 2. The molecule has 8 heteroatoms. The van der Waals surface area contributed by atoms with E-state index in [2.05, 4.69) is 9.72 Å². The molecular formula is C10H11F3N2O3. The van der Waals surface area contributed by atoms with Crippen LogP contribution < -0.4 is 9.64 Å². The normalized spacial score (nSPS) is 24.4. The van der Waals surface area contributed by atoms with Crippen LogP contribution in [0.2, 0.25) is 0 Å². The van der Waals surface area contributed by atoms with Crippen molar-refractivity contribution in [1.82, 2.24) is 4.98 Å². The van der Waals surface area contributed by atoms with Crippen LogP contribution in [0.5, 0.6) is 5.75 Å². The molecule has 1 aliphatic rings. The third kappa shape index (κ3) is 3.02. The van der Waals surface area contributed by atoms with Crippen LogP contribution >= 0.6 is 0 Å². The van der Waals surface area contributed by atoms with Gasteiger partial charge >= 0.3 is 6.36 Å². The van der Waals surface area contributed by atoms with Crippen LogP contribution in [0.25, 0.3) is 0 Å². The van der Waals surface area contributed by atoms with E-state index < -0.39 is 24.3 Å². The summed E-state index contributed by atoms with van der Waals surface area (Å²) in [4.78, 5) is 5.37. The molecule has 0 spiro atoms. The van der Waals surface area contributed by atoms with E-state index in [-0.39, 0.29) is 13.1 Å². The number of anilines is 1. The molecule has 2 heterocycles. The zero-order valence-corrected chi connectivity index (χ0v) is 9.13. The number of nitrogens with zero attached hydrogens (tertiary/aromatic N) is 2. The Morgan fingerprint density at radius 3 is 2.28 bits per heavy atom. The predicted molar refractivity (Wildman–Crippen MR) is 55.1 cm³/mol. The molecule has 1 saturated heterocycles. The van der Waals surface area contributed by atoms with Crippen LogP contribution in [-0.4, -0.2) is 46.9 Å². The number of hydrogen-bond donors (Lipinski definition) is 2. The van der Waals surface area contributed by atoms with Gasteiger partial charge in [-0.15, -0.1) is 13.2 Å². The first kappa shape index (κ1) is 12.9. The van der Waals surface area contributed by atoms with Crippen molar-refractivity contribution in [3.8, 4) is 5.75 Å². The van der Waals surface area contributed by atoms with Gasteiger partial charge in [-0.1, -0.05) is 0 Å². The highest BCUT2D eigenvalue weighted by molar-refractivity contribution is 5.42. The van der Waals surface area contributed by atoms with Crippen LogP contribution in [0.4, 0.5) is 19.0 Å². The van der Waals surface area contributed by atoms with E-state index in [1.54, 1.807) is 4.90 Å². The zero-order valence-electron chi connectivity index (χ0n) is 9.13. The SMILES string of the molecule is OC1CN(c2ccc(OC(F)(F)F)cn2)CC1O. The molecule has 100 valence electrons. The number of pyridine rings is 1. The first-order valence-electron chi connectivity index (χ1n) is 5.18. The molecule has 1 aromatic rings. The van der Waals surface area contributed by atoms with Gasteiger partial charge in [0.15, 0.2) is 0 Å². The minimum atomic E-state index is -4.75. The van der Waals surface area contributed by atoms with Gasteiger partial charge in [0, 0.05) is 13.1 Å². The largest absolute Gasteiger partial charge is 0.573 e. The maximum absolute atomic E-state index is 11.9. The van der Waals surface area contributed by atoms with Gasteiger partial charge in [-0.2, -0.15) is 0 Å². The number of aliphatic hydroxyl groups excluding tert-OH is 2. The maximum atomic E-state index is 11.9. The fourth-order valence-corrected chi connectivity index (χ4v) is 1.71. The molecule has 2 atom stereocenters. The van der Waals surface area contributed by atoms with Crippen LogP contribution in [0, 0.1) is 0 Å². The van der Waals surface area contributed by atoms with E-state index in [9.17, 15) is 23.4 Å². The van der Waals surface area contributed by atoms with Crippen molar-refractivity contribution in [2.45, 2.75) is 18.6 Å². The van der Waals surface area contributed by atoms with Crippen molar-refractivity contribution in [3.05, 3.63) is 18.3 Å². The third-order valence-electron chi connectivity index (χ3n) is 2.54. The molecule has 0 aliphatic carbocycles. The fraction of sp³-hybridized carbons (Fsp3) is 0.500. The van der Waals surface area contributed by atoms with Gasteiger partial charge in [0.05, 0.1) is 18.4 Å². The molecule has 1 fully saturated rings. The number of ether oxygens (including phenoxy) is 1. The van der Waals surface area contributed by atoms with E-state index >= 15 is 0 Å². The number of alkyl halides is 3. The highest BCUT2D eigenvalue weighted by Gasteiger charge is 2.32. The lowest BCUT2D eigenvalue weighted by Crippen LogP contribution is -2.22. The molecule has 1 aliphatic heterocycles. The van der Waals surface area contributed by atoms with Crippen molar-refractivity contribution < 1.29 is 28.1 Å². The van der Waals surface area contributed by atoms with Crippen molar-refractivity contribution in [1.29, 1.82) is 0 Å². The Morgan fingerprint density at radius 2 is 1.83 bits per heavy atom. The van der Waals surface area contributed by atoms with Gasteiger partial charge < -0.3 is 19.8 Å². The number of aromatic nitrogens is 1. The minimum Gasteiger partial charge on any atom is -0.404 e. The number of rotatable bonds is 2. The average molecular weight is 264 g/mol. The lowest BCUT2D eigenvalue weighted by molar-refractivity contribution is -0.274. The van der Waals surface area contributed by atoms with Crippen LogP contribution in [0.3, 0.4) is 0 Å². The smallest absolute Gasteiger partial charge is 0.404 e. The van der Waals surface area contributed by atoms with Crippen molar-refractivity contribution >= 4 is 5.82 Å². The third-order valence-corrected chi connectivity index (χ3v) is 2.54. The topological polar surface area (TPSA) is 65.8 Å². The molecule has 18 heavy (non-hydrogen) atoms. The zero-order chi connectivity index (χ0) is 13.3. The lowest BCUT2D eigenvalue weighted by Gasteiger charge is -2.16. The summed E-state index contributed by atoms with van der Waals surface area (Å²) < 4.78 is 39.4. The molecular weight excluding hydrogens is 253 g/mol. The van der Waals surface area contributed by atoms with Gasteiger partial charge in [0.2, 0.25) is 0 Å². The Bertz CT molecular complexity index is 400. The fourth-order valence-electron chi connectivity index (χ4n) is 1.71. The summed E-state index contributed by atoms with van der Waals surface area (Å²) in [6.07, 6.45) is -5.56. The van der Waals surface area contributed by atoms with Crippen LogP contribution in [-0.2, 0) is 0 Å². The molecule has 1 aromatic heterocycles. The van der Waals surface area contributed by atoms with Crippen LogP contribution in [0.1, 0.15) is 0 Å². The number of hydrogen-bond acceptors (Lipinski definition) is 5. The van der Waals surface area contributed by atoms with E-state index in [1.807, 2.05) is 0 Å². The Hall–Kier alpha value is -1.54. The Balaban J connectivity index is 2.04. The molecule has 2 rings (SSSR count). The average Bonchev–Trinajstić information content (AvgIpc) is 2.58. The maximum Gasteiger partial charge on any atom is 0.573 e. The summed E-state index contributed by atoms with van der Waals surface area (Å²) in [5.74, 6) is -0.0355. The monoisotopic (exact) mass is 264 g/mol. The first-order chi connectivity index (χ1) is 8.35. The van der Waals surface area contributed by atoms with Crippen LogP contribution in [0.15, 0.2) is 18.3 Å². The number of halogens is 3. The molecule has 0 bridgehead atoms. The van der Waals surface area contributed by atoms with E-state index in [0.29, 0.717) is 5.82 Å². The van der Waals surface area contributed by atoms with Crippen molar-refractivity contribution in [2.75, 3.05) is 18.0 Å². The Kier molecular flexibility index (Phi) is 3.31. The summed E-state index contributed by atoms with van der Waals surface area (Å²) >= 11 is 0. The van der Waals surface area contributed by atoms with Gasteiger partial charge in [-0.3, -0.25) is 0 Å². The Morgan fingerprint density at radius 1 is 1.22 bits per heavy atom. The van der Waals surface area contributed by atoms with Gasteiger partial charge in [0.1, 0.15) is 11.6 Å². The summed E-state index contributed by atoms with van der Waals surface area (Å²) in [6.45, 7) is 0.376. The summed E-state index contributed by atoms with van der Waals surface area (Å²) in [6, 6.07) is 2.47. The van der Waals surface area contributed by atoms with E-state index in [1.165, 1.54) is 6.07 Å². The first-order valence-corrected chi connectivity index (χ1v) is 5.18. The molecule has 0 saturated carbocycles. The van der Waals surface area contributed by atoms with E-state index in [0.717, 1.165) is 12.3 Å². The Labute approximate surface area is 100 Å². The van der Waals surface area contributed by atoms with E-state index in [4.69, 9.17) is 0 Å².